The van der Waals surface area contributed by atoms with Crippen molar-refractivity contribution in [2.45, 2.75) is 25.5 Å². The number of aliphatic hydroxyl groups is 1. The fraction of sp³-hybridized carbons (Fsp3) is 0.917. The number of carbonyl (C=O) groups is 1. The van der Waals surface area contributed by atoms with Crippen LogP contribution in [0.2, 0.25) is 0 Å². The molecule has 0 radical (unpaired) electrons. The van der Waals surface area contributed by atoms with Crippen LogP contribution in [0, 0.1) is 0 Å². The van der Waals surface area contributed by atoms with E-state index >= 15 is 0 Å². The highest BCUT2D eigenvalue weighted by Gasteiger charge is 2.26. The third-order valence-electron chi connectivity index (χ3n) is 3.03. The molecule has 1 saturated heterocycles. The van der Waals surface area contributed by atoms with Gasteiger partial charge in [-0.2, -0.15) is 0 Å². The molecule has 1 heterocycles. The number of nitrogens with zero attached hydrogens (tertiary/aromatic N) is 1. The maximum Gasteiger partial charge on any atom is 0.234 e. The molecule has 1 aliphatic rings. The maximum absolute atomic E-state index is 11.7. The molecule has 0 aromatic rings. The summed E-state index contributed by atoms with van der Waals surface area (Å²) in [5.41, 5.74) is 0. The fourth-order valence-electron chi connectivity index (χ4n) is 1.89. The summed E-state index contributed by atoms with van der Waals surface area (Å²) in [7, 11) is 1.65. The van der Waals surface area contributed by atoms with E-state index in [9.17, 15) is 4.79 Å². The molecule has 0 spiro atoms. The van der Waals surface area contributed by atoms with Gasteiger partial charge in [-0.25, -0.2) is 0 Å². The van der Waals surface area contributed by atoms with Crippen LogP contribution in [0.4, 0.5) is 0 Å². The molecule has 0 saturated carbocycles. The Bertz CT molecular complexity index is 250. The largest absolute Gasteiger partial charge is 0.394 e. The molecule has 0 aromatic carbocycles. The zero-order valence-corrected chi connectivity index (χ0v) is 11.2. The van der Waals surface area contributed by atoms with Crippen molar-refractivity contribution in [1.82, 2.24) is 10.2 Å². The molecule has 6 heteroatoms. The van der Waals surface area contributed by atoms with E-state index in [1.807, 2.05) is 11.8 Å². The lowest BCUT2D eigenvalue weighted by molar-refractivity contribution is -0.127. The van der Waals surface area contributed by atoms with E-state index in [4.69, 9.17) is 14.6 Å². The summed E-state index contributed by atoms with van der Waals surface area (Å²) in [5, 5.41) is 11.9. The molecule has 106 valence electrons. The zero-order valence-electron chi connectivity index (χ0n) is 11.2. The van der Waals surface area contributed by atoms with E-state index in [0.29, 0.717) is 32.8 Å². The molecule has 6 nitrogen and oxygen atoms in total. The lowest BCUT2D eigenvalue weighted by atomic mass is 10.2. The molecule has 1 fully saturated rings. The molecule has 1 aliphatic heterocycles. The maximum atomic E-state index is 11.7. The van der Waals surface area contributed by atoms with Crippen molar-refractivity contribution < 1.29 is 19.4 Å². The molecular formula is C12H24N2O4. The van der Waals surface area contributed by atoms with Gasteiger partial charge in [0.2, 0.25) is 5.91 Å². The van der Waals surface area contributed by atoms with Crippen LogP contribution in [0.15, 0.2) is 0 Å². The van der Waals surface area contributed by atoms with Crippen molar-refractivity contribution in [3.05, 3.63) is 0 Å². The average molecular weight is 260 g/mol. The molecule has 2 unspecified atom stereocenters. The molecule has 18 heavy (non-hydrogen) atoms. The Labute approximate surface area is 108 Å². The summed E-state index contributed by atoms with van der Waals surface area (Å²) in [6.07, 6.45) is 0.641. The summed E-state index contributed by atoms with van der Waals surface area (Å²) < 4.78 is 10.3. The monoisotopic (exact) mass is 260 g/mol. The van der Waals surface area contributed by atoms with Crippen LogP contribution < -0.4 is 5.32 Å². The third-order valence-corrected chi connectivity index (χ3v) is 3.03. The van der Waals surface area contributed by atoms with Crippen molar-refractivity contribution in [3.63, 3.8) is 0 Å². The van der Waals surface area contributed by atoms with Gasteiger partial charge in [0.25, 0.3) is 0 Å². The first-order chi connectivity index (χ1) is 8.67. The fourth-order valence-corrected chi connectivity index (χ4v) is 1.89. The quantitative estimate of drug-likeness (QED) is 0.588. The lowest BCUT2D eigenvalue weighted by Crippen LogP contribution is -2.52. The first-order valence-electron chi connectivity index (χ1n) is 6.39. The summed E-state index contributed by atoms with van der Waals surface area (Å²) in [6.45, 7) is 4.82. The zero-order chi connectivity index (χ0) is 13.4. The van der Waals surface area contributed by atoms with Crippen LogP contribution in [0.5, 0.6) is 0 Å². The summed E-state index contributed by atoms with van der Waals surface area (Å²) in [5.74, 6) is 0.0107. The van der Waals surface area contributed by atoms with Crippen LogP contribution in [0.3, 0.4) is 0 Å². The van der Waals surface area contributed by atoms with Gasteiger partial charge in [-0.1, -0.05) is 0 Å². The average Bonchev–Trinajstić information content (AvgIpc) is 2.37. The minimum Gasteiger partial charge on any atom is -0.394 e. The van der Waals surface area contributed by atoms with Crippen LogP contribution in [0.1, 0.15) is 13.3 Å². The molecule has 0 aliphatic carbocycles. The number of rotatable bonds is 7. The van der Waals surface area contributed by atoms with Gasteiger partial charge in [0.15, 0.2) is 0 Å². The second-order valence-electron chi connectivity index (χ2n) is 4.61. The normalized spacial score (nSPS) is 25.1. The lowest BCUT2D eigenvalue weighted by Gasteiger charge is -2.36. The van der Waals surface area contributed by atoms with E-state index in [1.54, 1.807) is 7.11 Å². The molecular weight excluding hydrogens is 236 g/mol. The van der Waals surface area contributed by atoms with Crippen molar-refractivity contribution in [1.29, 1.82) is 0 Å². The highest BCUT2D eigenvalue weighted by atomic mass is 16.5. The molecule has 2 N–H and O–H groups in total. The summed E-state index contributed by atoms with van der Waals surface area (Å²) in [6, 6.07) is 0.206. The number of aliphatic hydroxyl groups excluding tert-OH is 1. The molecule has 1 amide bonds. The Morgan fingerprint density at radius 2 is 2.39 bits per heavy atom. The van der Waals surface area contributed by atoms with Crippen molar-refractivity contribution in [3.8, 4) is 0 Å². The molecule has 1 rings (SSSR count). The Morgan fingerprint density at radius 1 is 1.61 bits per heavy atom. The predicted molar refractivity (Wildman–Crippen MR) is 67.4 cm³/mol. The minimum absolute atomic E-state index is 0.00131. The van der Waals surface area contributed by atoms with E-state index < -0.39 is 0 Å². The summed E-state index contributed by atoms with van der Waals surface area (Å²) >= 11 is 0. The summed E-state index contributed by atoms with van der Waals surface area (Å²) in [4.78, 5) is 13.8. The van der Waals surface area contributed by atoms with Crippen molar-refractivity contribution in [2.24, 2.45) is 0 Å². The van der Waals surface area contributed by atoms with Gasteiger partial charge < -0.3 is 19.9 Å². The standard InChI is InChI=1S/C12H24N2O4/c1-10-9-18-11(8-15)6-14(10)7-12(16)13-4-3-5-17-2/h10-11,15H,3-9H2,1-2H3,(H,13,16). The van der Waals surface area contributed by atoms with Gasteiger partial charge in [0.05, 0.1) is 25.9 Å². The Morgan fingerprint density at radius 3 is 3.06 bits per heavy atom. The Balaban J connectivity index is 2.24. The van der Waals surface area contributed by atoms with Crippen molar-refractivity contribution in [2.75, 3.05) is 46.6 Å². The Hall–Kier alpha value is -0.690. The second kappa shape index (κ2) is 8.42. The number of methoxy groups -OCH3 is 1. The smallest absolute Gasteiger partial charge is 0.234 e. The highest BCUT2D eigenvalue weighted by Crippen LogP contribution is 2.10. The first-order valence-corrected chi connectivity index (χ1v) is 6.39. The number of ether oxygens (including phenoxy) is 2. The topological polar surface area (TPSA) is 71.0 Å². The van der Waals surface area contributed by atoms with Gasteiger partial charge in [-0.3, -0.25) is 9.69 Å². The number of hydrogen-bond acceptors (Lipinski definition) is 5. The number of nitrogens with one attached hydrogen (secondary N) is 1. The van der Waals surface area contributed by atoms with Crippen LogP contribution in [0.25, 0.3) is 0 Å². The minimum atomic E-state index is -0.178. The molecule has 0 bridgehead atoms. The third kappa shape index (κ3) is 5.30. The number of morpholine rings is 1. The van der Waals surface area contributed by atoms with E-state index in [-0.39, 0.29) is 24.7 Å². The predicted octanol–water partition coefficient (Wildman–Crippen LogP) is -0.779. The Kier molecular flexibility index (Phi) is 7.19. The van der Waals surface area contributed by atoms with E-state index in [1.165, 1.54) is 0 Å². The second-order valence-corrected chi connectivity index (χ2v) is 4.61. The van der Waals surface area contributed by atoms with Crippen LogP contribution >= 0.6 is 0 Å². The van der Waals surface area contributed by atoms with E-state index in [0.717, 1.165) is 6.42 Å². The highest BCUT2D eigenvalue weighted by molar-refractivity contribution is 5.78. The van der Waals surface area contributed by atoms with Crippen LogP contribution in [-0.4, -0.2) is 74.6 Å². The number of carbonyl (C=O) groups excluding carboxylic acids is 1. The van der Waals surface area contributed by atoms with E-state index in [2.05, 4.69) is 5.32 Å². The van der Waals surface area contributed by atoms with Crippen molar-refractivity contribution >= 4 is 5.91 Å². The number of hydrogen-bond donors (Lipinski definition) is 2. The SMILES string of the molecule is COCCCNC(=O)CN1CC(CO)OCC1C. The molecule has 2 atom stereocenters. The van der Waals surface area contributed by atoms with Crippen LogP contribution in [-0.2, 0) is 14.3 Å². The van der Waals surface area contributed by atoms with Gasteiger partial charge >= 0.3 is 0 Å². The van der Waals surface area contributed by atoms with Gasteiger partial charge in [0.1, 0.15) is 0 Å². The van der Waals surface area contributed by atoms with Gasteiger partial charge in [-0.05, 0) is 13.3 Å². The van der Waals surface area contributed by atoms with Gasteiger partial charge in [-0.15, -0.1) is 0 Å². The number of amides is 1. The molecule has 0 aromatic heterocycles. The first kappa shape index (κ1) is 15.4. The van der Waals surface area contributed by atoms with Gasteiger partial charge in [0, 0.05) is 32.8 Å².